The Hall–Kier alpha value is -5.03. The summed E-state index contributed by atoms with van der Waals surface area (Å²) in [6, 6.07) is 33.1. The summed E-state index contributed by atoms with van der Waals surface area (Å²) in [6.45, 7) is 28.0. The van der Waals surface area contributed by atoms with Crippen LogP contribution in [-0.4, -0.2) is 16.2 Å². The number of hydrogen-bond donors (Lipinski definition) is 0. The van der Waals surface area contributed by atoms with Crippen LogP contribution in [0.2, 0.25) is 0 Å². The quantitative estimate of drug-likeness (QED) is 0.179. The molecule has 0 fully saturated rings. The average Bonchev–Trinajstić information content (AvgIpc) is 3.70. The summed E-state index contributed by atoms with van der Waals surface area (Å²) in [7, 11) is 0. The Morgan fingerprint density at radius 2 is 1.04 bits per heavy atom. The van der Waals surface area contributed by atoms with E-state index in [0.29, 0.717) is 0 Å². The van der Waals surface area contributed by atoms with Crippen molar-refractivity contribution in [1.29, 1.82) is 0 Å². The monoisotopic (exact) mass is 704 g/mol. The SMILES string of the molecule is CC(C)(C)c1cc(N2C=CN(c3cccc(Oc4ccc5c6ccc(C(C)(C)C)cc6n(-c6cc(C(C)(C)C)ccn6)c5c4)c3)C2)cc(C(C)(C)C)c1. The lowest BCUT2D eigenvalue weighted by Gasteiger charge is -2.29. The Morgan fingerprint density at radius 1 is 0.491 bits per heavy atom. The second kappa shape index (κ2) is 12.8. The Bertz CT molecular complexity index is 2320. The minimum Gasteiger partial charge on any atom is -0.457 e. The molecular formula is C48H56N4O. The van der Waals surface area contributed by atoms with Crippen LogP contribution in [0, 0.1) is 0 Å². The van der Waals surface area contributed by atoms with Gasteiger partial charge in [-0.2, -0.15) is 0 Å². The second-order valence-corrected chi connectivity index (χ2v) is 18.9. The molecule has 0 spiro atoms. The van der Waals surface area contributed by atoms with Crippen molar-refractivity contribution in [2.45, 2.75) is 105 Å². The number of hydrogen-bond acceptors (Lipinski definition) is 4. The molecule has 1 aliphatic heterocycles. The number of benzene rings is 4. The fourth-order valence-electron chi connectivity index (χ4n) is 7.04. The first-order chi connectivity index (χ1) is 24.8. The predicted molar refractivity (Wildman–Crippen MR) is 225 cm³/mol. The van der Waals surface area contributed by atoms with E-state index in [1.165, 1.54) is 38.7 Å². The van der Waals surface area contributed by atoms with Gasteiger partial charge in [0.2, 0.25) is 0 Å². The number of rotatable bonds is 5. The van der Waals surface area contributed by atoms with Crippen LogP contribution in [0.5, 0.6) is 11.5 Å². The maximum absolute atomic E-state index is 6.65. The molecule has 3 heterocycles. The Morgan fingerprint density at radius 3 is 1.66 bits per heavy atom. The highest BCUT2D eigenvalue weighted by Gasteiger charge is 2.25. The number of anilines is 2. The lowest BCUT2D eigenvalue weighted by molar-refractivity contribution is 0.483. The second-order valence-electron chi connectivity index (χ2n) is 18.9. The van der Waals surface area contributed by atoms with Gasteiger partial charge in [0, 0.05) is 52.9 Å². The zero-order valence-electron chi connectivity index (χ0n) is 33.8. The van der Waals surface area contributed by atoms with Gasteiger partial charge in [-0.25, -0.2) is 4.98 Å². The van der Waals surface area contributed by atoms with E-state index in [9.17, 15) is 0 Å². The highest BCUT2D eigenvalue weighted by atomic mass is 16.5. The molecule has 6 aromatic rings. The molecule has 1 aliphatic rings. The van der Waals surface area contributed by atoms with Crippen molar-refractivity contribution < 1.29 is 4.74 Å². The standard InChI is InChI=1S/C48H56N4O/c1-45(2,3)32-16-18-40-41-19-17-39(30-43(41)52(42(40)27-32)44-28-33(20-21-49-44)46(4,5)6)53-38-15-13-14-36(29-38)50-22-23-51(31-50)37-25-34(47(7,8)9)24-35(26-37)48(10,11)12/h13-30H,31H2,1-12H3. The molecule has 7 rings (SSSR count). The molecule has 0 aliphatic carbocycles. The van der Waals surface area contributed by atoms with Gasteiger partial charge in [-0.05, 0) is 98.5 Å². The number of fused-ring (bicyclic) bond motifs is 3. The molecule has 0 saturated carbocycles. The lowest BCUT2D eigenvalue weighted by atomic mass is 9.80. The van der Waals surface area contributed by atoms with Crippen molar-refractivity contribution in [3.05, 3.63) is 132 Å². The van der Waals surface area contributed by atoms with Gasteiger partial charge in [-0.3, -0.25) is 4.57 Å². The third kappa shape index (κ3) is 7.31. The van der Waals surface area contributed by atoms with Crippen LogP contribution in [0.4, 0.5) is 11.4 Å². The molecule has 53 heavy (non-hydrogen) atoms. The van der Waals surface area contributed by atoms with Gasteiger partial charge in [-0.15, -0.1) is 0 Å². The summed E-state index contributed by atoms with van der Waals surface area (Å²) < 4.78 is 8.96. The van der Waals surface area contributed by atoms with Crippen molar-refractivity contribution in [2.75, 3.05) is 16.5 Å². The number of ether oxygens (including phenoxy) is 1. The van der Waals surface area contributed by atoms with Crippen molar-refractivity contribution >= 4 is 33.2 Å². The van der Waals surface area contributed by atoms with Crippen molar-refractivity contribution in [2.24, 2.45) is 0 Å². The summed E-state index contributed by atoms with van der Waals surface area (Å²) in [6.07, 6.45) is 6.28. The summed E-state index contributed by atoms with van der Waals surface area (Å²) in [5, 5.41) is 2.38. The molecule has 0 bridgehead atoms. The van der Waals surface area contributed by atoms with Crippen LogP contribution in [0.25, 0.3) is 27.6 Å². The largest absolute Gasteiger partial charge is 0.457 e. The zero-order chi connectivity index (χ0) is 38.1. The van der Waals surface area contributed by atoms with Gasteiger partial charge < -0.3 is 14.5 Å². The molecule has 5 nitrogen and oxygen atoms in total. The minimum absolute atomic E-state index is 0.000299. The molecule has 0 N–H and O–H groups in total. The third-order valence-electron chi connectivity index (χ3n) is 10.5. The Kier molecular flexibility index (Phi) is 8.79. The van der Waals surface area contributed by atoms with E-state index in [0.717, 1.165) is 40.7 Å². The van der Waals surface area contributed by atoms with Gasteiger partial charge in [0.25, 0.3) is 0 Å². The smallest absolute Gasteiger partial charge is 0.137 e. The molecule has 2 aromatic heterocycles. The van der Waals surface area contributed by atoms with E-state index in [-0.39, 0.29) is 21.7 Å². The van der Waals surface area contributed by atoms with Gasteiger partial charge in [-0.1, -0.05) is 107 Å². The van der Waals surface area contributed by atoms with Crippen LogP contribution >= 0.6 is 0 Å². The van der Waals surface area contributed by atoms with Crippen LogP contribution in [-0.2, 0) is 21.7 Å². The number of nitrogens with zero attached hydrogens (tertiary/aromatic N) is 4. The minimum atomic E-state index is -0.000299. The molecular weight excluding hydrogens is 649 g/mol. The van der Waals surface area contributed by atoms with Crippen molar-refractivity contribution in [3.8, 4) is 17.3 Å². The molecule has 0 unspecified atom stereocenters. The molecule has 0 saturated heterocycles. The summed E-state index contributed by atoms with van der Waals surface area (Å²) in [4.78, 5) is 9.53. The maximum Gasteiger partial charge on any atom is 0.137 e. The molecule has 0 amide bonds. The fraction of sp³-hybridized carbons (Fsp3) is 0.354. The fourth-order valence-corrected chi connectivity index (χ4v) is 7.04. The van der Waals surface area contributed by atoms with E-state index < -0.39 is 0 Å². The van der Waals surface area contributed by atoms with Gasteiger partial charge in [0.15, 0.2) is 0 Å². The van der Waals surface area contributed by atoms with Crippen molar-refractivity contribution in [3.63, 3.8) is 0 Å². The maximum atomic E-state index is 6.65. The van der Waals surface area contributed by atoms with E-state index in [2.05, 4.69) is 195 Å². The molecule has 274 valence electrons. The van der Waals surface area contributed by atoms with Crippen LogP contribution < -0.4 is 14.5 Å². The van der Waals surface area contributed by atoms with E-state index in [1.807, 2.05) is 12.3 Å². The van der Waals surface area contributed by atoms with E-state index >= 15 is 0 Å². The Balaban J connectivity index is 1.22. The van der Waals surface area contributed by atoms with Crippen LogP contribution in [0.15, 0.2) is 110 Å². The first kappa shape index (κ1) is 36.3. The third-order valence-corrected chi connectivity index (χ3v) is 10.5. The Labute approximate surface area is 316 Å². The van der Waals surface area contributed by atoms with Crippen molar-refractivity contribution in [1.82, 2.24) is 9.55 Å². The lowest BCUT2D eigenvalue weighted by Crippen LogP contribution is -2.26. The first-order valence-corrected chi connectivity index (χ1v) is 19.0. The van der Waals surface area contributed by atoms with Gasteiger partial charge in [0.05, 0.1) is 17.7 Å². The highest BCUT2D eigenvalue weighted by molar-refractivity contribution is 6.09. The topological polar surface area (TPSA) is 33.5 Å². The predicted octanol–water partition coefficient (Wildman–Crippen LogP) is 12.9. The van der Waals surface area contributed by atoms with E-state index in [1.54, 1.807) is 0 Å². The molecule has 0 atom stereocenters. The summed E-state index contributed by atoms with van der Waals surface area (Å²) >= 11 is 0. The summed E-state index contributed by atoms with van der Waals surface area (Å²) in [5.74, 6) is 2.49. The van der Waals surface area contributed by atoms with Crippen LogP contribution in [0.3, 0.4) is 0 Å². The summed E-state index contributed by atoms with van der Waals surface area (Å²) in [5.41, 5.74) is 9.90. The van der Waals surface area contributed by atoms with Gasteiger partial charge >= 0.3 is 0 Å². The highest BCUT2D eigenvalue weighted by Crippen LogP contribution is 2.39. The van der Waals surface area contributed by atoms with Gasteiger partial charge in [0.1, 0.15) is 17.3 Å². The normalized spacial score (nSPS) is 14.2. The zero-order valence-corrected chi connectivity index (χ0v) is 33.8. The molecule has 0 radical (unpaired) electrons. The molecule has 5 heteroatoms. The molecule has 4 aromatic carbocycles. The average molecular weight is 705 g/mol. The van der Waals surface area contributed by atoms with Crippen LogP contribution in [0.1, 0.15) is 105 Å². The van der Waals surface area contributed by atoms with E-state index in [4.69, 9.17) is 9.72 Å². The first-order valence-electron chi connectivity index (χ1n) is 19.0. The number of aromatic nitrogens is 2. The number of pyridine rings is 1.